The molecule has 4 atom stereocenters. The van der Waals surface area contributed by atoms with Gasteiger partial charge in [-0.3, -0.25) is 0 Å². The third-order valence-electron chi connectivity index (χ3n) is 5.93. The quantitative estimate of drug-likeness (QED) is 0.856. The zero-order valence-corrected chi connectivity index (χ0v) is 16.1. The summed E-state index contributed by atoms with van der Waals surface area (Å²) in [6, 6.07) is 6.11. The fourth-order valence-electron chi connectivity index (χ4n) is 4.39. The van der Waals surface area contributed by atoms with Gasteiger partial charge in [-0.1, -0.05) is 19.0 Å². The number of aromatic nitrogens is 2. The molecule has 1 aromatic heterocycles. The SMILES string of the molecule is CC(C)c1noc(N2C[C@H]3C[C@@H](Oc4ccc5c(c4)OCO5)[C@H](O)C[C@H]3C2)n1. The van der Waals surface area contributed by atoms with Crippen molar-refractivity contribution >= 4 is 6.01 Å². The second-order valence-corrected chi connectivity index (χ2v) is 8.23. The van der Waals surface area contributed by atoms with Gasteiger partial charge in [-0.2, -0.15) is 4.98 Å². The number of aliphatic hydroxyl groups excluding tert-OH is 1. The van der Waals surface area contributed by atoms with Crippen LogP contribution in [0.1, 0.15) is 38.4 Å². The monoisotopic (exact) mass is 387 g/mol. The minimum atomic E-state index is -0.500. The molecule has 5 rings (SSSR count). The minimum absolute atomic E-state index is 0.235. The van der Waals surface area contributed by atoms with Crippen molar-refractivity contribution in [3.8, 4) is 17.2 Å². The summed E-state index contributed by atoms with van der Waals surface area (Å²) >= 11 is 0. The largest absolute Gasteiger partial charge is 0.488 e. The highest BCUT2D eigenvalue weighted by Gasteiger charge is 2.44. The summed E-state index contributed by atoms with van der Waals surface area (Å²) in [5.74, 6) is 3.91. The Morgan fingerprint density at radius 2 is 1.93 bits per heavy atom. The number of ether oxygens (including phenoxy) is 3. The number of hydrogen-bond acceptors (Lipinski definition) is 8. The van der Waals surface area contributed by atoms with Crippen LogP contribution in [0, 0.1) is 11.8 Å². The van der Waals surface area contributed by atoms with Crippen LogP contribution in [0.4, 0.5) is 6.01 Å². The van der Waals surface area contributed by atoms with Gasteiger partial charge in [0, 0.05) is 25.1 Å². The summed E-state index contributed by atoms with van der Waals surface area (Å²) in [7, 11) is 0. The summed E-state index contributed by atoms with van der Waals surface area (Å²) in [5, 5.41) is 14.7. The molecule has 2 aliphatic heterocycles. The van der Waals surface area contributed by atoms with Crippen molar-refractivity contribution in [3.63, 3.8) is 0 Å². The Morgan fingerprint density at radius 3 is 2.71 bits per heavy atom. The molecule has 0 spiro atoms. The lowest BCUT2D eigenvalue weighted by Crippen LogP contribution is -2.42. The summed E-state index contributed by atoms with van der Waals surface area (Å²) in [4.78, 5) is 6.66. The third kappa shape index (κ3) is 3.15. The molecule has 28 heavy (non-hydrogen) atoms. The van der Waals surface area contributed by atoms with Gasteiger partial charge in [-0.15, -0.1) is 0 Å². The molecule has 1 N–H and O–H groups in total. The molecule has 2 aromatic rings. The van der Waals surface area contributed by atoms with Crippen LogP contribution in [-0.2, 0) is 0 Å². The lowest BCUT2D eigenvalue weighted by molar-refractivity contribution is -0.0232. The van der Waals surface area contributed by atoms with E-state index in [1.807, 2.05) is 32.0 Å². The molecule has 3 aliphatic rings. The highest BCUT2D eigenvalue weighted by molar-refractivity contribution is 5.47. The first-order valence-electron chi connectivity index (χ1n) is 9.89. The topological polar surface area (TPSA) is 90.1 Å². The Labute approximate surface area is 163 Å². The average molecular weight is 387 g/mol. The maximum absolute atomic E-state index is 10.7. The number of aliphatic hydroxyl groups is 1. The van der Waals surface area contributed by atoms with Gasteiger partial charge < -0.3 is 28.7 Å². The van der Waals surface area contributed by atoms with Crippen LogP contribution in [0.25, 0.3) is 0 Å². The number of fused-ring (bicyclic) bond motifs is 2. The lowest BCUT2D eigenvalue weighted by Gasteiger charge is -2.35. The second-order valence-electron chi connectivity index (χ2n) is 8.23. The number of hydrogen-bond donors (Lipinski definition) is 1. The van der Waals surface area contributed by atoms with E-state index in [9.17, 15) is 5.11 Å². The lowest BCUT2D eigenvalue weighted by atomic mass is 9.78. The molecule has 0 bridgehead atoms. The summed E-state index contributed by atoms with van der Waals surface area (Å²) < 4.78 is 22.3. The van der Waals surface area contributed by atoms with E-state index in [0.717, 1.165) is 31.1 Å². The summed E-state index contributed by atoms with van der Waals surface area (Å²) in [6.07, 6.45) is 0.764. The molecule has 0 unspecified atom stereocenters. The molecule has 8 nitrogen and oxygen atoms in total. The van der Waals surface area contributed by atoms with Crippen LogP contribution in [0.2, 0.25) is 0 Å². The Morgan fingerprint density at radius 1 is 1.14 bits per heavy atom. The average Bonchev–Trinajstić information content (AvgIpc) is 3.40. The van der Waals surface area contributed by atoms with Crippen molar-refractivity contribution in [1.29, 1.82) is 0 Å². The zero-order chi connectivity index (χ0) is 19.3. The molecular formula is C20H25N3O5. The molecule has 2 fully saturated rings. The van der Waals surface area contributed by atoms with Crippen LogP contribution in [0.5, 0.6) is 17.2 Å². The van der Waals surface area contributed by atoms with E-state index >= 15 is 0 Å². The zero-order valence-electron chi connectivity index (χ0n) is 16.1. The second kappa shape index (κ2) is 6.84. The van der Waals surface area contributed by atoms with Gasteiger partial charge in [0.1, 0.15) is 11.9 Å². The molecule has 0 radical (unpaired) electrons. The number of nitrogens with zero attached hydrogens (tertiary/aromatic N) is 3. The van der Waals surface area contributed by atoms with E-state index in [2.05, 4.69) is 15.0 Å². The van der Waals surface area contributed by atoms with Crippen molar-refractivity contribution in [3.05, 3.63) is 24.0 Å². The maximum Gasteiger partial charge on any atom is 0.324 e. The van der Waals surface area contributed by atoms with E-state index in [1.54, 1.807) is 0 Å². The summed E-state index contributed by atoms with van der Waals surface area (Å²) in [6.45, 7) is 6.01. The van der Waals surface area contributed by atoms with Gasteiger partial charge in [-0.05, 0) is 36.8 Å². The van der Waals surface area contributed by atoms with Crippen LogP contribution < -0.4 is 19.1 Å². The molecule has 0 amide bonds. The molecule has 1 aliphatic carbocycles. The van der Waals surface area contributed by atoms with Gasteiger partial charge in [0.25, 0.3) is 0 Å². The summed E-state index contributed by atoms with van der Waals surface area (Å²) in [5.41, 5.74) is 0. The van der Waals surface area contributed by atoms with Gasteiger partial charge >= 0.3 is 6.01 Å². The Bertz CT molecular complexity index is 854. The van der Waals surface area contributed by atoms with E-state index in [1.165, 1.54) is 0 Å². The Balaban J connectivity index is 1.26. The van der Waals surface area contributed by atoms with Crippen molar-refractivity contribution < 1.29 is 23.8 Å². The van der Waals surface area contributed by atoms with E-state index in [4.69, 9.17) is 18.7 Å². The first-order chi connectivity index (χ1) is 13.6. The Kier molecular flexibility index (Phi) is 4.30. The van der Waals surface area contributed by atoms with E-state index < -0.39 is 6.10 Å². The van der Waals surface area contributed by atoms with E-state index in [0.29, 0.717) is 35.8 Å². The minimum Gasteiger partial charge on any atom is -0.488 e. The van der Waals surface area contributed by atoms with Crippen molar-refractivity contribution in [2.75, 3.05) is 24.8 Å². The smallest absolute Gasteiger partial charge is 0.324 e. The maximum atomic E-state index is 10.7. The molecule has 8 heteroatoms. The number of rotatable bonds is 4. The molecule has 150 valence electrons. The van der Waals surface area contributed by atoms with Gasteiger partial charge in [0.2, 0.25) is 6.79 Å². The first-order valence-corrected chi connectivity index (χ1v) is 9.89. The number of benzene rings is 1. The molecule has 1 saturated heterocycles. The van der Waals surface area contributed by atoms with Crippen LogP contribution in [0.15, 0.2) is 22.7 Å². The van der Waals surface area contributed by atoms with Gasteiger partial charge in [-0.25, -0.2) is 0 Å². The molecule has 1 aromatic carbocycles. The predicted molar refractivity (Wildman–Crippen MR) is 99.8 cm³/mol. The van der Waals surface area contributed by atoms with Crippen LogP contribution >= 0.6 is 0 Å². The fraction of sp³-hybridized carbons (Fsp3) is 0.600. The third-order valence-corrected chi connectivity index (χ3v) is 5.93. The van der Waals surface area contributed by atoms with Gasteiger partial charge in [0.15, 0.2) is 17.3 Å². The van der Waals surface area contributed by atoms with Crippen LogP contribution in [-0.4, -0.2) is 47.3 Å². The fourth-order valence-corrected chi connectivity index (χ4v) is 4.39. The van der Waals surface area contributed by atoms with Gasteiger partial charge in [0.05, 0.1) is 6.10 Å². The Hall–Kier alpha value is -2.48. The van der Waals surface area contributed by atoms with Crippen LogP contribution in [0.3, 0.4) is 0 Å². The normalized spacial score (nSPS) is 28.6. The highest BCUT2D eigenvalue weighted by Crippen LogP contribution is 2.41. The van der Waals surface area contributed by atoms with Crippen molar-refractivity contribution in [2.45, 2.75) is 44.8 Å². The highest BCUT2D eigenvalue weighted by atomic mass is 16.7. The first kappa shape index (κ1) is 17.6. The van der Waals surface area contributed by atoms with Crippen molar-refractivity contribution in [1.82, 2.24) is 10.1 Å². The van der Waals surface area contributed by atoms with E-state index in [-0.39, 0.29) is 18.8 Å². The van der Waals surface area contributed by atoms with Crippen molar-refractivity contribution in [2.24, 2.45) is 11.8 Å². The molecule has 3 heterocycles. The standard InChI is InChI=1S/C20H25N3O5/c1-11(2)19-21-20(28-22-19)23-8-12-5-15(24)17(6-13(12)9-23)27-14-3-4-16-18(7-14)26-10-25-16/h3-4,7,11-13,15,17,24H,5-6,8-10H2,1-2H3/t12-,13+,15+,17+/m0/s1. The number of anilines is 1. The molecular weight excluding hydrogens is 362 g/mol. The molecule has 1 saturated carbocycles. The predicted octanol–water partition coefficient (Wildman–Crippen LogP) is 2.58.